The Hall–Kier alpha value is -2.57. The Balaban J connectivity index is 2.81. The van der Waals surface area contributed by atoms with Gasteiger partial charge in [0.1, 0.15) is 18.8 Å². The molecule has 25 heavy (non-hydrogen) atoms. The number of benzene rings is 1. The predicted molar refractivity (Wildman–Crippen MR) is 91.4 cm³/mol. The summed E-state index contributed by atoms with van der Waals surface area (Å²) in [5.74, 6) is -0.847. The second kappa shape index (κ2) is 9.66. The molecular weight excluding hydrogens is 326 g/mol. The Bertz CT molecular complexity index is 608. The Kier molecular flexibility index (Phi) is 7.91. The van der Waals surface area contributed by atoms with Gasteiger partial charge in [-0.15, -0.1) is 0 Å². The molecule has 0 fully saturated rings. The van der Waals surface area contributed by atoms with E-state index < -0.39 is 17.8 Å². The minimum Gasteiger partial charge on any atom is -0.483 e. The first-order valence-corrected chi connectivity index (χ1v) is 7.93. The van der Waals surface area contributed by atoms with E-state index in [1.54, 1.807) is 0 Å². The van der Waals surface area contributed by atoms with Crippen LogP contribution in [0.4, 0.5) is 0 Å². The van der Waals surface area contributed by atoms with Crippen molar-refractivity contribution < 1.29 is 28.6 Å². The highest BCUT2D eigenvalue weighted by Gasteiger charge is 2.21. The SMILES string of the molecule is COC(=O)CN(CC(=O)OC)C(=O)COc1cc(C(C)C)ccc1C. The summed E-state index contributed by atoms with van der Waals surface area (Å²) in [6.45, 7) is 5.01. The monoisotopic (exact) mass is 351 g/mol. The van der Waals surface area contributed by atoms with Crippen molar-refractivity contribution in [1.29, 1.82) is 0 Å². The highest BCUT2D eigenvalue weighted by molar-refractivity contribution is 5.86. The molecule has 1 rings (SSSR count). The van der Waals surface area contributed by atoms with Crippen LogP contribution in [-0.4, -0.2) is 56.7 Å². The molecule has 0 radical (unpaired) electrons. The van der Waals surface area contributed by atoms with Gasteiger partial charge in [-0.1, -0.05) is 26.0 Å². The average molecular weight is 351 g/mol. The summed E-state index contributed by atoms with van der Waals surface area (Å²) in [6.07, 6.45) is 0. The third-order valence-electron chi connectivity index (χ3n) is 3.68. The molecular formula is C18H25NO6. The summed E-state index contributed by atoms with van der Waals surface area (Å²) in [7, 11) is 2.42. The van der Waals surface area contributed by atoms with Crippen LogP contribution in [-0.2, 0) is 23.9 Å². The second-order valence-corrected chi connectivity index (χ2v) is 5.87. The quantitative estimate of drug-likeness (QED) is 0.663. The van der Waals surface area contributed by atoms with Crippen LogP contribution in [0.1, 0.15) is 30.9 Å². The molecule has 1 amide bonds. The lowest BCUT2D eigenvalue weighted by atomic mass is 10.0. The Morgan fingerprint density at radius 2 is 1.60 bits per heavy atom. The van der Waals surface area contributed by atoms with Gasteiger partial charge in [0, 0.05) is 0 Å². The number of nitrogens with zero attached hydrogens (tertiary/aromatic N) is 1. The van der Waals surface area contributed by atoms with E-state index in [4.69, 9.17) is 4.74 Å². The molecule has 1 aromatic carbocycles. The molecule has 0 aliphatic heterocycles. The molecule has 0 saturated carbocycles. The van der Waals surface area contributed by atoms with Gasteiger partial charge in [-0.05, 0) is 30.0 Å². The first kappa shape index (κ1) is 20.5. The molecule has 7 nitrogen and oxygen atoms in total. The molecule has 0 saturated heterocycles. The summed E-state index contributed by atoms with van der Waals surface area (Å²) in [6, 6.07) is 5.82. The zero-order chi connectivity index (χ0) is 19.0. The van der Waals surface area contributed by atoms with Crippen molar-refractivity contribution in [1.82, 2.24) is 4.90 Å². The number of amides is 1. The summed E-state index contributed by atoms with van der Waals surface area (Å²) in [5, 5.41) is 0. The number of carbonyl (C=O) groups is 3. The summed E-state index contributed by atoms with van der Waals surface area (Å²) >= 11 is 0. The standard InChI is InChI=1S/C18H25NO6/c1-12(2)14-7-6-13(3)15(8-14)25-11-16(20)19(9-17(21)23-4)10-18(22)24-5/h6-8,12H,9-11H2,1-5H3. The van der Waals surface area contributed by atoms with Gasteiger partial charge in [0.05, 0.1) is 14.2 Å². The van der Waals surface area contributed by atoms with Crippen LogP contribution in [0.2, 0.25) is 0 Å². The van der Waals surface area contributed by atoms with E-state index in [1.165, 1.54) is 14.2 Å². The molecule has 0 spiro atoms. The van der Waals surface area contributed by atoms with Crippen molar-refractivity contribution in [3.8, 4) is 5.75 Å². The molecule has 1 aromatic rings. The first-order chi connectivity index (χ1) is 11.8. The van der Waals surface area contributed by atoms with Gasteiger partial charge in [-0.2, -0.15) is 0 Å². The van der Waals surface area contributed by atoms with Gasteiger partial charge < -0.3 is 19.1 Å². The normalized spacial score (nSPS) is 10.3. The third kappa shape index (κ3) is 6.45. The third-order valence-corrected chi connectivity index (χ3v) is 3.68. The number of carbonyl (C=O) groups excluding carboxylic acids is 3. The van der Waals surface area contributed by atoms with Crippen LogP contribution in [0.3, 0.4) is 0 Å². The molecule has 0 heterocycles. The molecule has 0 aliphatic carbocycles. The van der Waals surface area contributed by atoms with Crippen molar-refractivity contribution in [2.45, 2.75) is 26.7 Å². The molecule has 0 aromatic heterocycles. The number of rotatable bonds is 8. The lowest BCUT2D eigenvalue weighted by Crippen LogP contribution is -2.42. The molecule has 0 aliphatic rings. The number of esters is 2. The van der Waals surface area contributed by atoms with Crippen molar-refractivity contribution in [2.24, 2.45) is 0 Å². The topological polar surface area (TPSA) is 82.1 Å². The van der Waals surface area contributed by atoms with E-state index in [9.17, 15) is 14.4 Å². The van der Waals surface area contributed by atoms with Crippen molar-refractivity contribution >= 4 is 17.8 Å². The lowest BCUT2D eigenvalue weighted by molar-refractivity contribution is -0.152. The van der Waals surface area contributed by atoms with Crippen LogP contribution in [0, 0.1) is 6.92 Å². The number of hydrogen-bond acceptors (Lipinski definition) is 6. The Morgan fingerprint density at radius 1 is 1.04 bits per heavy atom. The van der Waals surface area contributed by atoms with Crippen LogP contribution in [0.25, 0.3) is 0 Å². The van der Waals surface area contributed by atoms with Crippen LogP contribution in [0.15, 0.2) is 18.2 Å². The molecule has 0 bridgehead atoms. The largest absolute Gasteiger partial charge is 0.483 e. The fourth-order valence-corrected chi connectivity index (χ4v) is 2.04. The molecule has 0 unspecified atom stereocenters. The van der Waals surface area contributed by atoms with E-state index in [-0.39, 0.29) is 19.7 Å². The van der Waals surface area contributed by atoms with Crippen LogP contribution in [0.5, 0.6) is 5.75 Å². The summed E-state index contributed by atoms with van der Waals surface area (Å²) in [4.78, 5) is 36.2. The lowest BCUT2D eigenvalue weighted by Gasteiger charge is -2.20. The van der Waals surface area contributed by atoms with Crippen molar-refractivity contribution in [3.63, 3.8) is 0 Å². The van der Waals surface area contributed by atoms with Gasteiger partial charge in [0.15, 0.2) is 6.61 Å². The highest BCUT2D eigenvalue weighted by Crippen LogP contribution is 2.24. The summed E-state index contributed by atoms with van der Waals surface area (Å²) < 4.78 is 14.7. The molecule has 0 N–H and O–H groups in total. The van der Waals surface area contributed by atoms with E-state index in [2.05, 4.69) is 23.3 Å². The Morgan fingerprint density at radius 3 is 2.08 bits per heavy atom. The maximum atomic E-state index is 12.3. The number of aryl methyl sites for hydroxylation is 1. The number of methoxy groups -OCH3 is 2. The highest BCUT2D eigenvalue weighted by atomic mass is 16.5. The smallest absolute Gasteiger partial charge is 0.325 e. The van der Waals surface area contributed by atoms with E-state index in [1.807, 2.05) is 25.1 Å². The van der Waals surface area contributed by atoms with Gasteiger partial charge >= 0.3 is 11.9 Å². The van der Waals surface area contributed by atoms with Crippen molar-refractivity contribution in [2.75, 3.05) is 33.9 Å². The fourth-order valence-electron chi connectivity index (χ4n) is 2.04. The van der Waals surface area contributed by atoms with E-state index in [0.717, 1.165) is 16.0 Å². The van der Waals surface area contributed by atoms with Crippen molar-refractivity contribution in [3.05, 3.63) is 29.3 Å². The zero-order valence-corrected chi connectivity index (χ0v) is 15.3. The average Bonchev–Trinajstić information content (AvgIpc) is 2.59. The fraction of sp³-hybridized carbons (Fsp3) is 0.500. The van der Waals surface area contributed by atoms with Gasteiger partial charge in [-0.25, -0.2) is 0 Å². The maximum absolute atomic E-state index is 12.3. The maximum Gasteiger partial charge on any atom is 0.325 e. The van der Waals surface area contributed by atoms with Gasteiger partial charge in [-0.3, -0.25) is 14.4 Å². The Labute approximate surface area is 147 Å². The first-order valence-electron chi connectivity index (χ1n) is 7.93. The van der Waals surface area contributed by atoms with Crippen LogP contribution < -0.4 is 4.74 Å². The van der Waals surface area contributed by atoms with Gasteiger partial charge in [0.25, 0.3) is 5.91 Å². The summed E-state index contributed by atoms with van der Waals surface area (Å²) in [5.41, 5.74) is 1.98. The number of ether oxygens (including phenoxy) is 3. The molecule has 138 valence electrons. The zero-order valence-electron chi connectivity index (χ0n) is 15.3. The second-order valence-electron chi connectivity index (χ2n) is 5.87. The van der Waals surface area contributed by atoms with E-state index in [0.29, 0.717) is 11.7 Å². The van der Waals surface area contributed by atoms with Gasteiger partial charge in [0.2, 0.25) is 0 Å². The number of hydrogen-bond donors (Lipinski definition) is 0. The molecule has 0 atom stereocenters. The van der Waals surface area contributed by atoms with Crippen LogP contribution >= 0.6 is 0 Å². The minimum atomic E-state index is -0.629. The minimum absolute atomic E-state index is 0.295. The van der Waals surface area contributed by atoms with E-state index >= 15 is 0 Å². The molecule has 7 heteroatoms. The predicted octanol–water partition coefficient (Wildman–Crippen LogP) is 1.67.